The number of ether oxygens (including phenoxy) is 2. The number of carbonyl (C=O) groups excluding carboxylic acids is 3. The Labute approximate surface area is 280 Å². The summed E-state index contributed by atoms with van der Waals surface area (Å²) in [7, 11) is 0. The van der Waals surface area contributed by atoms with Crippen LogP contribution in [-0.2, 0) is 25.5 Å². The van der Waals surface area contributed by atoms with Gasteiger partial charge in [0.2, 0.25) is 11.8 Å². The van der Waals surface area contributed by atoms with E-state index in [0.717, 1.165) is 27.7 Å². The Balaban J connectivity index is 1.19. The topological polar surface area (TPSA) is 134 Å². The van der Waals surface area contributed by atoms with Crippen LogP contribution in [0.25, 0.3) is 21.9 Å². The lowest BCUT2D eigenvalue weighted by Gasteiger charge is -2.24. The van der Waals surface area contributed by atoms with Crippen molar-refractivity contribution >= 4 is 45.8 Å². The van der Waals surface area contributed by atoms with Crippen molar-refractivity contribution in [2.75, 3.05) is 26.4 Å². The zero-order chi connectivity index (χ0) is 33.6. The molecule has 3 aromatic carbocycles. The molecule has 10 nitrogen and oxygen atoms in total. The van der Waals surface area contributed by atoms with Gasteiger partial charge in [0.1, 0.15) is 18.2 Å². The van der Waals surface area contributed by atoms with Gasteiger partial charge in [0.15, 0.2) is 6.04 Å². The number of carboxylic acids is 1. The van der Waals surface area contributed by atoms with E-state index in [1.807, 2.05) is 42.5 Å². The summed E-state index contributed by atoms with van der Waals surface area (Å²) in [5.41, 5.74) is 1.91. The van der Waals surface area contributed by atoms with E-state index < -0.39 is 29.8 Å². The summed E-state index contributed by atoms with van der Waals surface area (Å²) in [4.78, 5) is 52.9. The number of hydrogen-bond acceptors (Lipinski definition) is 7. The van der Waals surface area contributed by atoms with Gasteiger partial charge < -0.3 is 30.1 Å². The summed E-state index contributed by atoms with van der Waals surface area (Å²) in [6, 6.07) is 17.6. The first-order chi connectivity index (χ1) is 23.2. The molecule has 4 aromatic rings. The Hall–Kier alpha value is -5.07. The average molecular weight is 672 g/mol. The summed E-state index contributed by atoms with van der Waals surface area (Å²) in [5, 5.41) is 18.9. The van der Waals surface area contributed by atoms with Crippen molar-refractivity contribution in [1.29, 1.82) is 0 Å². The molecule has 2 aliphatic rings. The molecule has 1 fully saturated rings. The molecular formula is C36H34FN3O7S. The number of carboxylic acid groups (broad SMARTS) is 1. The number of halogens is 1. The van der Waals surface area contributed by atoms with Crippen molar-refractivity contribution in [1.82, 2.24) is 15.5 Å². The lowest BCUT2D eigenvalue weighted by atomic mass is 10.0. The van der Waals surface area contributed by atoms with E-state index in [2.05, 4.69) is 10.6 Å². The van der Waals surface area contributed by atoms with Crippen molar-refractivity contribution in [3.63, 3.8) is 0 Å². The predicted octanol–water partition coefficient (Wildman–Crippen LogP) is 4.57. The van der Waals surface area contributed by atoms with E-state index in [4.69, 9.17) is 9.47 Å². The van der Waals surface area contributed by atoms with E-state index in [1.165, 1.54) is 12.1 Å². The second-order valence-electron chi connectivity index (χ2n) is 11.8. The Morgan fingerprint density at radius 1 is 1.00 bits per heavy atom. The molecule has 0 saturated carbocycles. The monoisotopic (exact) mass is 671 g/mol. The number of nitrogens with one attached hydrogen (secondary N) is 2. The van der Waals surface area contributed by atoms with Crippen LogP contribution in [0.5, 0.6) is 5.75 Å². The molecule has 4 bridgehead atoms. The van der Waals surface area contributed by atoms with Gasteiger partial charge in [-0.2, -0.15) is 0 Å². The van der Waals surface area contributed by atoms with Gasteiger partial charge in [0, 0.05) is 25.1 Å². The van der Waals surface area contributed by atoms with Crippen LogP contribution in [0.2, 0.25) is 0 Å². The zero-order valence-corrected chi connectivity index (χ0v) is 26.7. The molecule has 0 spiro atoms. The van der Waals surface area contributed by atoms with Crippen molar-refractivity contribution < 1.29 is 38.1 Å². The number of amides is 3. The average Bonchev–Trinajstić information content (AvgIpc) is 3.72. The van der Waals surface area contributed by atoms with E-state index in [-0.39, 0.29) is 67.7 Å². The number of aliphatic carboxylic acids is 1. The standard InChI is InChI=1S/C36H34FN3O7S/c37-27-13-25-14-30(16-27)47-19-29-17-28(38-33(41)12-22-8-9-23-5-1-2-6-24(23)11-22)18-40(29)34(42)7-3-4-10-46-20-31(36(44)45)39-35(43)32-15-26(25)21-48-32/h1-6,8-9,11,13-16,21,28-29,31H,7,10,12,17-20H2,(H,38,41)(H,39,43)(H,44,45)/b4-3-/t28-,29-,31-/m0/s1. The maximum atomic E-state index is 14.8. The van der Waals surface area contributed by atoms with Crippen LogP contribution in [0.4, 0.5) is 4.39 Å². The fraction of sp³-hybridized carbons (Fsp3) is 0.278. The molecule has 0 aliphatic carbocycles. The minimum absolute atomic E-state index is 0.0380. The number of rotatable bonds is 4. The van der Waals surface area contributed by atoms with Gasteiger partial charge in [-0.3, -0.25) is 14.4 Å². The third kappa shape index (κ3) is 8.07. The van der Waals surface area contributed by atoms with Crippen LogP contribution in [0.15, 0.2) is 84.3 Å². The largest absolute Gasteiger partial charge is 0.491 e. The van der Waals surface area contributed by atoms with Gasteiger partial charge in [-0.1, -0.05) is 54.6 Å². The van der Waals surface area contributed by atoms with E-state index in [0.29, 0.717) is 17.5 Å². The number of fused-ring (bicyclic) bond motifs is 7. The first-order valence-electron chi connectivity index (χ1n) is 15.6. The molecule has 0 unspecified atom stereocenters. The Kier molecular flexibility index (Phi) is 10.1. The van der Waals surface area contributed by atoms with Gasteiger partial charge in [-0.05, 0) is 57.5 Å². The summed E-state index contributed by atoms with van der Waals surface area (Å²) < 4.78 is 26.3. The minimum Gasteiger partial charge on any atom is -0.491 e. The highest BCUT2D eigenvalue weighted by Gasteiger charge is 2.36. The highest BCUT2D eigenvalue weighted by Crippen LogP contribution is 2.30. The number of hydrogen-bond donors (Lipinski definition) is 3. The Morgan fingerprint density at radius 2 is 1.83 bits per heavy atom. The fourth-order valence-electron chi connectivity index (χ4n) is 5.94. The second-order valence-corrected chi connectivity index (χ2v) is 12.7. The SMILES string of the molecule is O=C(Cc1ccc2ccccc2c1)N[C@H]1C[C@H]2COc3cc(F)cc(c3)-c3csc(c3)C(=O)N[C@H](C(=O)O)COC/C=C\CC(=O)N2C1. The third-order valence-corrected chi connectivity index (χ3v) is 9.24. The predicted molar refractivity (Wildman–Crippen MR) is 178 cm³/mol. The van der Waals surface area contributed by atoms with Crippen LogP contribution in [0, 0.1) is 5.82 Å². The highest BCUT2D eigenvalue weighted by molar-refractivity contribution is 7.12. The van der Waals surface area contributed by atoms with Crippen LogP contribution in [0.1, 0.15) is 28.1 Å². The smallest absolute Gasteiger partial charge is 0.328 e. The molecule has 0 radical (unpaired) electrons. The van der Waals surface area contributed by atoms with Crippen LogP contribution in [0.3, 0.4) is 0 Å². The summed E-state index contributed by atoms with van der Waals surface area (Å²) in [6.45, 7) is 0.117. The summed E-state index contributed by atoms with van der Waals surface area (Å²) in [5.74, 6) is -2.50. The van der Waals surface area contributed by atoms with Crippen molar-refractivity contribution in [3.8, 4) is 16.9 Å². The first-order valence-corrected chi connectivity index (χ1v) is 16.4. The van der Waals surface area contributed by atoms with Gasteiger partial charge in [-0.25, -0.2) is 9.18 Å². The molecule has 6 rings (SSSR count). The van der Waals surface area contributed by atoms with E-state index in [1.54, 1.807) is 34.6 Å². The van der Waals surface area contributed by atoms with Crippen molar-refractivity contribution in [3.05, 3.63) is 101 Å². The quantitative estimate of drug-likeness (QED) is 0.271. The van der Waals surface area contributed by atoms with E-state index >= 15 is 0 Å². The molecule has 3 heterocycles. The van der Waals surface area contributed by atoms with Crippen LogP contribution >= 0.6 is 11.3 Å². The molecule has 1 aromatic heterocycles. The molecule has 2 aliphatic heterocycles. The molecular weight excluding hydrogens is 637 g/mol. The number of carbonyl (C=O) groups is 4. The van der Waals surface area contributed by atoms with Crippen molar-refractivity contribution in [2.24, 2.45) is 0 Å². The molecule has 48 heavy (non-hydrogen) atoms. The first kappa shape index (κ1) is 32.9. The van der Waals surface area contributed by atoms with Gasteiger partial charge >= 0.3 is 5.97 Å². The zero-order valence-electron chi connectivity index (χ0n) is 25.9. The van der Waals surface area contributed by atoms with Crippen LogP contribution < -0.4 is 15.4 Å². The maximum Gasteiger partial charge on any atom is 0.328 e. The van der Waals surface area contributed by atoms with Crippen molar-refractivity contribution in [2.45, 2.75) is 37.4 Å². The lowest BCUT2D eigenvalue weighted by Crippen LogP contribution is -2.43. The normalized spacial score (nSPS) is 21.1. The molecule has 3 amide bonds. The molecule has 12 heteroatoms. The summed E-state index contributed by atoms with van der Waals surface area (Å²) >= 11 is 1.10. The van der Waals surface area contributed by atoms with Crippen LogP contribution in [-0.4, -0.2) is 78.2 Å². The summed E-state index contributed by atoms with van der Waals surface area (Å²) in [6.07, 6.45) is 3.93. The number of nitrogens with zero attached hydrogens (tertiary/aromatic N) is 1. The maximum absolute atomic E-state index is 14.8. The fourth-order valence-corrected chi connectivity index (χ4v) is 6.76. The molecule has 3 N–H and O–H groups in total. The minimum atomic E-state index is -1.29. The second kappa shape index (κ2) is 14.8. The van der Waals surface area contributed by atoms with Gasteiger partial charge in [-0.15, -0.1) is 11.3 Å². The molecule has 3 atom stereocenters. The third-order valence-electron chi connectivity index (χ3n) is 8.31. The molecule has 248 valence electrons. The number of thiophene rings is 1. The highest BCUT2D eigenvalue weighted by atomic mass is 32.1. The molecule has 1 saturated heterocycles. The number of benzene rings is 3. The van der Waals surface area contributed by atoms with Gasteiger partial charge in [0.05, 0.1) is 30.6 Å². The Morgan fingerprint density at radius 3 is 2.67 bits per heavy atom. The van der Waals surface area contributed by atoms with E-state index in [9.17, 15) is 28.7 Å². The lowest BCUT2D eigenvalue weighted by molar-refractivity contribution is -0.140. The Bertz CT molecular complexity index is 1880. The van der Waals surface area contributed by atoms with Gasteiger partial charge in [0.25, 0.3) is 5.91 Å².